The molecular formula is C22H20N4O2. The van der Waals surface area contributed by atoms with Crippen LogP contribution in [0.15, 0.2) is 73.2 Å². The number of benzene rings is 2. The molecule has 1 amide bonds. The minimum atomic E-state index is -0.524. The molecule has 0 saturated carbocycles. The maximum absolute atomic E-state index is 11.4. The van der Waals surface area contributed by atoms with Gasteiger partial charge in [0, 0.05) is 36.3 Å². The average molecular weight is 372 g/mol. The highest BCUT2D eigenvalue weighted by molar-refractivity contribution is 5.93. The van der Waals surface area contributed by atoms with E-state index in [2.05, 4.69) is 41.6 Å². The summed E-state index contributed by atoms with van der Waals surface area (Å²) in [7, 11) is 0. The molecule has 6 nitrogen and oxygen atoms in total. The van der Waals surface area contributed by atoms with Crippen molar-refractivity contribution in [2.45, 2.75) is 13.5 Å². The highest BCUT2D eigenvalue weighted by Gasteiger charge is 2.09. The summed E-state index contributed by atoms with van der Waals surface area (Å²) in [4.78, 5) is 15.9. The number of nitrogens with one attached hydrogen (secondary N) is 2. The van der Waals surface area contributed by atoms with Crippen LogP contribution < -0.4 is 10.8 Å². The van der Waals surface area contributed by atoms with Crippen molar-refractivity contribution in [1.82, 2.24) is 14.9 Å². The second-order valence-corrected chi connectivity index (χ2v) is 6.61. The van der Waals surface area contributed by atoms with Crippen LogP contribution >= 0.6 is 0 Å². The molecule has 0 aliphatic heterocycles. The fourth-order valence-electron chi connectivity index (χ4n) is 3.24. The number of aromatic nitrogens is 2. The summed E-state index contributed by atoms with van der Waals surface area (Å²) in [6.45, 7) is 2.69. The van der Waals surface area contributed by atoms with Gasteiger partial charge in [-0.3, -0.25) is 10.0 Å². The molecular weight excluding hydrogens is 352 g/mol. The number of amides is 1. The number of carbonyl (C=O) groups excluding carboxylic acids is 1. The molecule has 2 aromatic heterocycles. The zero-order chi connectivity index (χ0) is 19.5. The number of anilines is 1. The van der Waals surface area contributed by atoms with E-state index in [1.807, 2.05) is 34.9 Å². The normalized spacial score (nSPS) is 10.8. The monoisotopic (exact) mass is 372 g/mol. The van der Waals surface area contributed by atoms with Gasteiger partial charge in [0.1, 0.15) is 0 Å². The number of hydroxylamine groups is 1. The van der Waals surface area contributed by atoms with Gasteiger partial charge in [-0.15, -0.1) is 0 Å². The first-order valence-corrected chi connectivity index (χ1v) is 8.95. The van der Waals surface area contributed by atoms with Crippen LogP contribution in [-0.4, -0.2) is 20.5 Å². The van der Waals surface area contributed by atoms with E-state index >= 15 is 0 Å². The summed E-state index contributed by atoms with van der Waals surface area (Å²) in [6, 6.07) is 17.5. The molecule has 140 valence electrons. The van der Waals surface area contributed by atoms with Gasteiger partial charge in [-0.2, -0.15) is 0 Å². The number of nitrogens with zero attached hydrogens (tertiary/aromatic N) is 2. The highest BCUT2D eigenvalue weighted by atomic mass is 16.5. The number of aryl methyl sites for hydroxylation is 1. The van der Waals surface area contributed by atoms with Gasteiger partial charge in [-0.25, -0.2) is 10.5 Å². The van der Waals surface area contributed by atoms with Crippen molar-refractivity contribution in [1.29, 1.82) is 0 Å². The van der Waals surface area contributed by atoms with Gasteiger partial charge in [-0.05, 0) is 41.8 Å². The van der Waals surface area contributed by atoms with Crippen molar-refractivity contribution in [3.63, 3.8) is 0 Å². The fraction of sp³-hybridized carbons (Fsp3) is 0.0909. The molecule has 28 heavy (non-hydrogen) atoms. The number of rotatable bonds is 5. The molecule has 0 spiro atoms. The minimum absolute atomic E-state index is 0.406. The molecule has 0 aliphatic carbocycles. The molecule has 0 radical (unpaired) electrons. The molecule has 0 bridgehead atoms. The summed E-state index contributed by atoms with van der Waals surface area (Å²) >= 11 is 0. The highest BCUT2D eigenvalue weighted by Crippen LogP contribution is 2.28. The Balaban J connectivity index is 1.62. The van der Waals surface area contributed by atoms with Crippen LogP contribution in [0.3, 0.4) is 0 Å². The zero-order valence-electron chi connectivity index (χ0n) is 15.4. The van der Waals surface area contributed by atoms with Gasteiger partial charge < -0.3 is 9.72 Å². The Morgan fingerprint density at radius 1 is 1.14 bits per heavy atom. The fourth-order valence-corrected chi connectivity index (χ4v) is 3.24. The Bertz CT molecular complexity index is 1130. The number of fused-ring (bicyclic) bond motifs is 1. The van der Waals surface area contributed by atoms with Crippen molar-refractivity contribution in [3.8, 4) is 11.1 Å². The smallest absolute Gasteiger partial charge is 0.274 e. The molecule has 3 N–H and O–H groups in total. The van der Waals surface area contributed by atoms with Crippen LogP contribution in [-0.2, 0) is 6.54 Å². The molecule has 2 aromatic carbocycles. The van der Waals surface area contributed by atoms with E-state index in [1.54, 1.807) is 23.8 Å². The van der Waals surface area contributed by atoms with E-state index in [4.69, 9.17) is 5.21 Å². The van der Waals surface area contributed by atoms with Crippen LogP contribution in [0.4, 0.5) is 5.69 Å². The van der Waals surface area contributed by atoms with Crippen LogP contribution in [0.25, 0.3) is 16.8 Å². The van der Waals surface area contributed by atoms with Crippen LogP contribution in [0.2, 0.25) is 0 Å². The second-order valence-electron chi connectivity index (χ2n) is 6.61. The lowest BCUT2D eigenvalue weighted by molar-refractivity contribution is 0.0706. The third-order valence-electron chi connectivity index (χ3n) is 4.74. The third-order valence-corrected chi connectivity index (χ3v) is 4.74. The number of imidazole rings is 1. The topological polar surface area (TPSA) is 78.7 Å². The van der Waals surface area contributed by atoms with Crippen LogP contribution in [0.5, 0.6) is 0 Å². The predicted octanol–water partition coefficient (Wildman–Crippen LogP) is 4.04. The van der Waals surface area contributed by atoms with E-state index in [0.29, 0.717) is 12.1 Å². The number of pyridine rings is 1. The lowest BCUT2D eigenvalue weighted by Gasteiger charge is -2.12. The Hall–Kier alpha value is -3.64. The van der Waals surface area contributed by atoms with Crippen molar-refractivity contribution in [2.75, 3.05) is 5.32 Å². The first-order valence-electron chi connectivity index (χ1n) is 8.95. The zero-order valence-corrected chi connectivity index (χ0v) is 15.4. The number of carbonyl (C=O) groups is 1. The van der Waals surface area contributed by atoms with Gasteiger partial charge in [0.05, 0.1) is 5.69 Å². The molecule has 0 fully saturated rings. The van der Waals surface area contributed by atoms with Crippen molar-refractivity contribution in [3.05, 3.63) is 89.9 Å². The van der Waals surface area contributed by atoms with Crippen molar-refractivity contribution in [2.24, 2.45) is 0 Å². The maximum atomic E-state index is 11.4. The first kappa shape index (κ1) is 17.8. The molecule has 0 unspecified atom stereocenters. The Labute approximate surface area is 162 Å². The number of hydrogen-bond acceptors (Lipinski definition) is 4. The summed E-state index contributed by atoms with van der Waals surface area (Å²) in [5, 5.41) is 12.2. The molecule has 0 aliphatic rings. The van der Waals surface area contributed by atoms with Gasteiger partial charge in [0.25, 0.3) is 5.91 Å². The van der Waals surface area contributed by atoms with E-state index in [0.717, 1.165) is 22.5 Å². The molecule has 0 atom stereocenters. The second kappa shape index (κ2) is 7.54. The van der Waals surface area contributed by atoms with Crippen LogP contribution in [0.1, 0.15) is 21.5 Å². The van der Waals surface area contributed by atoms with Gasteiger partial charge in [0.2, 0.25) is 0 Å². The molecule has 4 rings (SSSR count). The quantitative estimate of drug-likeness (QED) is 0.365. The van der Waals surface area contributed by atoms with Gasteiger partial charge in [-0.1, -0.05) is 36.4 Å². The van der Waals surface area contributed by atoms with E-state index < -0.39 is 5.91 Å². The lowest BCUT2D eigenvalue weighted by atomic mass is 10.0. The van der Waals surface area contributed by atoms with Crippen LogP contribution in [0, 0.1) is 6.92 Å². The Kier molecular flexibility index (Phi) is 4.78. The third kappa shape index (κ3) is 3.45. The summed E-state index contributed by atoms with van der Waals surface area (Å²) in [6.07, 6.45) is 5.80. The molecule has 0 saturated heterocycles. The Morgan fingerprint density at radius 3 is 2.68 bits per heavy atom. The minimum Gasteiger partial charge on any atom is -0.378 e. The van der Waals surface area contributed by atoms with E-state index in [1.165, 1.54) is 11.1 Å². The largest absolute Gasteiger partial charge is 0.378 e. The van der Waals surface area contributed by atoms with Gasteiger partial charge in [0.15, 0.2) is 5.65 Å². The number of hydrogen-bond donors (Lipinski definition) is 3. The predicted molar refractivity (Wildman–Crippen MR) is 108 cm³/mol. The van der Waals surface area contributed by atoms with Crippen molar-refractivity contribution < 1.29 is 10.0 Å². The molecule has 4 aromatic rings. The molecule has 2 heterocycles. The standard InChI is InChI=1S/C22H20N4O2/c1-15-4-2-3-5-19(15)18-12-20(21-23-10-11-26(21)14-18)24-13-16-6-8-17(9-7-16)22(27)25-28/h2-12,14,24,28H,13H2,1H3,(H,25,27). The van der Waals surface area contributed by atoms with E-state index in [-0.39, 0.29) is 0 Å². The Morgan fingerprint density at radius 2 is 1.93 bits per heavy atom. The maximum Gasteiger partial charge on any atom is 0.274 e. The lowest BCUT2D eigenvalue weighted by Crippen LogP contribution is -2.18. The summed E-state index contributed by atoms with van der Waals surface area (Å²) < 4.78 is 2.01. The average Bonchev–Trinajstić information content (AvgIpc) is 3.21. The summed E-state index contributed by atoms with van der Waals surface area (Å²) in [5.74, 6) is -0.524. The van der Waals surface area contributed by atoms with E-state index in [9.17, 15) is 4.79 Å². The SMILES string of the molecule is Cc1ccccc1-c1cc(NCc2ccc(C(=O)NO)cc2)c2nccn2c1. The molecule has 6 heteroatoms. The van der Waals surface area contributed by atoms with Gasteiger partial charge >= 0.3 is 0 Å². The first-order chi connectivity index (χ1) is 13.7. The summed E-state index contributed by atoms with van der Waals surface area (Å²) in [5.41, 5.74) is 8.35. The van der Waals surface area contributed by atoms with Crippen molar-refractivity contribution >= 4 is 17.2 Å².